The van der Waals surface area contributed by atoms with E-state index >= 15 is 0 Å². The molecule has 1 aliphatic rings. The molecule has 0 saturated carbocycles. The van der Waals surface area contributed by atoms with Gasteiger partial charge in [-0.05, 0) is 25.9 Å². The van der Waals surface area contributed by atoms with Gasteiger partial charge in [-0.3, -0.25) is 14.6 Å². The number of carbonyl (C=O) groups is 1. The summed E-state index contributed by atoms with van der Waals surface area (Å²) in [5.41, 5.74) is 0. The summed E-state index contributed by atoms with van der Waals surface area (Å²) in [7, 11) is 1.76. The van der Waals surface area contributed by atoms with Gasteiger partial charge in [0.2, 0.25) is 0 Å². The van der Waals surface area contributed by atoms with E-state index in [2.05, 4.69) is 18.7 Å². The van der Waals surface area contributed by atoms with Crippen LogP contribution in [0.1, 0.15) is 20.3 Å². The van der Waals surface area contributed by atoms with Crippen LogP contribution in [0.25, 0.3) is 0 Å². The molecule has 0 aromatic carbocycles. The van der Waals surface area contributed by atoms with Crippen molar-refractivity contribution in [2.75, 3.05) is 33.2 Å². The predicted molar refractivity (Wildman–Crippen MR) is 73.2 cm³/mol. The summed E-state index contributed by atoms with van der Waals surface area (Å²) in [6.45, 7) is 6.74. The number of hydrogen-bond donors (Lipinski definition) is 2. The molecule has 18 heavy (non-hydrogen) atoms. The highest BCUT2D eigenvalue weighted by Gasteiger charge is 2.34. The molecule has 2 atom stereocenters. The number of carboxylic acid groups (broad SMARTS) is 1. The van der Waals surface area contributed by atoms with Crippen LogP contribution in [-0.2, 0) is 4.79 Å². The van der Waals surface area contributed by atoms with Crippen molar-refractivity contribution < 1.29 is 15.0 Å². The molecule has 0 spiro atoms. The third kappa shape index (κ3) is 5.52. The van der Waals surface area contributed by atoms with Gasteiger partial charge in [0, 0.05) is 19.1 Å². The Labute approximate surface area is 115 Å². The Kier molecular flexibility index (Phi) is 7.78. The van der Waals surface area contributed by atoms with E-state index < -0.39 is 12.1 Å². The largest absolute Gasteiger partial charge is 0.480 e. The summed E-state index contributed by atoms with van der Waals surface area (Å²) < 4.78 is 0. The molecule has 1 heterocycles. The number of carboxylic acids is 1. The van der Waals surface area contributed by atoms with Gasteiger partial charge in [-0.1, -0.05) is 13.8 Å². The lowest BCUT2D eigenvalue weighted by molar-refractivity contribution is -0.138. The molecular weight excluding hydrogens is 256 g/mol. The van der Waals surface area contributed by atoms with E-state index in [0.29, 0.717) is 12.5 Å². The maximum atomic E-state index is 10.6. The number of hydrogen-bond acceptors (Lipinski definition) is 4. The molecule has 1 aliphatic heterocycles. The van der Waals surface area contributed by atoms with Crippen molar-refractivity contribution in [2.45, 2.75) is 32.4 Å². The Bertz CT molecular complexity index is 264. The highest BCUT2D eigenvalue weighted by Crippen LogP contribution is 2.16. The topological polar surface area (TPSA) is 64.0 Å². The number of likely N-dealkylation sites (tertiary alicyclic amines) is 1. The van der Waals surface area contributed by atoms with Crippen molar-refractivity contribution in [1.29, 1.82) is 0 Å². The number of β-amino-alcohol motifs (C(OH)–C–C–N with tert-alkyl or cyclic N) is 1. The number of aliphatic carboxylic acids is 1. The summed E-state index contributed by atoms with van der Waals surface area (Å²) in [6, 6.07) is -0.0572. The smallest absolute Gasteiger partial charge is 0.317 e. The van der Waals surface area contributed by atoms with Crippen LogP contribution in [0.5, 0.6) is 0 Å². The van der Waals surface area contributed by atoms with Gasteiger partial charge in [-0.25, -0.2) is 0 Å². The van der Waals surface area contributed by atoms with E-state index in [1.807, 2.05) is 0 Å². The number of aliphatic hydroxyl groups is 1. The van der Waals surface area contributed by atoms with Crippen molar-refractivity contribution >= 4 is 18.4 Å². The first-order valence-corrected chi connectivity index (χ1v) is 6.22. The maximum absolute atomic E-state index is 10.6. The van der Waals surface area contributed by atoms with Crippen LogP contribution >= 0.6 is 12.4 Å². The fourth-order valence-electron chi connectivity index (χ4n) is 2.23. The molecule has 0 aromatic rings. The minimum absolute atomic E-state index is 0. The molecular formula is C12H25ClN2O3. The first kappa shape index (κ1) is 17.6. The molecule has 6 heteroatoms. The lowest BCUT2D eigenvalue weighted by Gasteiger charge is -2.24. The lowest BCUT2D eigenvalue weighted by Crippen LogP contribution is -2.43. The minimum atomic E-state index is -0.847. The maximum Gasteiger partial charge on any atom is 0.317 e. The van der Waals surface area contributed by atoms with E-state index in [4.69, 9.17) is 5.11 Å². The second-order valence-corrected chi connectivity index (χ2v) is 5.39. The van der Waals surface area contributed by atoms with Gasteiger partial charge in [0.15, 0.2) is 0 Å². The highest BCUT2D eigenvalue weighted by atomic mass is 35.5. The van der Waals surface area contributed by atoms with Crippen molar-refractivity contribution in [2.24, 2.45) is 5.92 Å². The molecule has 1 unspecified atom stereocenters. The van der Waals surface area contributed by atoms with Crippen LogP contribution in [0.15, 0.2) is 0 Å². The van der Waals surface area contributed by atoms with Gasteiger partial charge in [-0.15, -0.1) is 12.4 Å². The van der Waals surface area contributed by atoms with Gasteiger partial charge < -0.3 is 10.2 Å². The number of halogens is 1. The second kappa shape index (κ2) is 7.94. The molecule has 5 nitrogen and oxygen atoms in total. The van der Waals surface area contributed by atoms with Gasteiger partial charge in [-0.2, -0.15) is 0 Å². The van der Waals surface area contributed by atoms with Gasteiger partial charge >= 0.3 is 5.97 Å². The third-order valence-electron chi connectivity index (χ3n) is 3.31. The van der Waals surface area contributed by atoms with Crippen LogP contribution in [-0.4, -0.2) is 71.4 Å². The van der Waals surface area contributed by atoms with E-state index in [-0.39, 0.29) is 25.0 Å². The standard InChI is InChI=1S/C12H24N2O3.ClH/c1-9(2)4-5-14-6-10(11(15)7-14)13(3)8-12(16)17;/h9-11,15H,4-8H2,1-3H3,(H,16,17);1H/t10?,11-;/m1./s1. The second-order valence-electron chi connectivity index (χ2n) is 5.39. The van der Waals surface area contributed by atoms with Crippen LogP contribution in [0.2, 0.25) is 0 Å². The molecule has 0 aliphatic carbocycles. The van der Waals surface area contributed by atoms with Crippen molar-refractivity contribution in [3.8, 4) is 0 Å². The summed E-state index contributed by atoms with van der Waals surface area (Å²) in [4.78, 5) is 14.6. The molecule has 0 aromatic heterocycles. The fourth-order valence-corrected chi connectivity index (χ4v) is 2.23. The SMILES string of the molecule is CC(C)CCN1CC(N(C)CC(=O)O)[C@H](O)C1.Cl. The van der Waals surface area contributed by atoms with Gasteiger partial charge in [0.25, 0.3) is 0 Å². The van der Waals surface area contributed by atoms with E-state index in [9.17, 15) is 9.90 Å². The average molecular weight is 281 g/mol. The Morgan fingerprint density at radius 1 is 1.44 bits per heavy atom. The molecule has 1 fully saturated rings. The van der Waals surface area contributed by atoms with Crippen LogP contribution in [0.3, 0.4) is 0 Å². The Balaban J connectivity index is 0.00000289. The van der Waals surface area contributed by atoms with Crippen molar-refractivity contribution in [3.05, 3.63) is 0 Å². The summed E-state index contributed by atoms with van der Waals surface area (Å²) in [5, 5.41) is 18.7. The zero-order chi connectivity index (χ0) is 13.0. The Morgan fingerprint density at radius 3 is 2.56 bits per heavy atom. The fraction of sp³-hybridized carbons (Fsp3) is 0.917. The molecule has 0 amide bonds. The lowest BCUT2D eigenvalue weighted by atomic mass is 10.1. The molecule has 1 rings (SSSR count). The monoisotopic (exact) mass is 280 g/mol. The summed E-state index contributed by atoms with van der Waals surface area (Å²) >= 11 is 0. The quantitative estimate of drug-likeness (QED) is 0.743. The first-order valence-electron chi connectivity index (χ1n) is 6.22. The minimum Gasteiger partial charge on any atom is -0.480 e. The first-order chi connectivity index (χ1) is 7.90. The zero-order valence-corrected chi connectivity index (χ0v) is 12.2. The van der Waals surface area contributed by atoms with Crippen LogP contribution in [0.4, 0.5) is 0 Å². The van der Waals surface area contributed by atoms with Crippen LogP contribution < -0.4 is 0 Å². The van der Waals surface area contributed by atoms with Gasteiger partial charge in [0.05, 0.1) is 12.6 Å². The van der Waals surface area contributed by atoms with Crippen LogP contribution in [0, 0.1) is 5.92 Å². The average Bonchev–Trinajstić information content (AvgIpc) is 2.55. The van der Waals surface area contributed by atoms with E-state index in [0.717, 1.165) is 19.5 Å². The summed E-state index contributed by atoms with van der Waals surface area (Å²) in [5.74, 6) is -0.191. The molecule has 108 valence electrons. The normalized spacial score (nSPS) is 24.6. The third-order valence-corrected chi connectivity index (χ3v) is 3.31. The molecule has 0 radical (unpaired) electrons. The Hall–Kier alpha value is -0.360. The Morgan fingerprint density at radius 2 is 2.06 bits per heavy atom. The van der Waals surface area contributed by atoms with E-state index in [1.165, 1.54) is 0 Å². The molecule has 0 bridgehead atoms. The highest BCUT2D eigenvalue weighted by molar-refractivity contribution is 5.85. The van der Waals surface area contributed by atoms with E-state index in [1.54, 1.807) is 11.9 Å². The summed E-state index contributed by atoms with van der Waals surface area (Å²) in [6.07, 6.45) is 0.675. The zero-order valence-electron chi connectivity index (χ0n) is 11.4. The van der Waals surface area contributed by atoms with Crippen molar-refractivity contribution in [1.82, 2.24) is 9.80 Å². The van der Waals surface area contributed by atoms with Gasteiger partial charge in [0.1, 0.15) is 0 Å². The predicted octanol–water partition coefficient (Wildman–Crippen LogP) is 0.516. The molecule has 2 N–H and O–H groups in total. The number of nitrogens with zero attached hydrogens (tertiary/aromatic N) is 2. The number of aliphatic hydroxyl groups excluding tert-OH is 1. The number of rotatable bonds is 6. The molecule has 1 saturated heterocycles. The van der Waals surface area contributed by atoms with Crippen molar-refractivity contribution in [3.63, 3.8) is 0 Å². The number of likely N-dealkylation sites (N-methyl/N-ethyl adjacent to an activating group) is 1.